The van der Waals surface area contributed by atoms with Gasteiger partial charge in [-0.05, 0) is 0 Å². The molecule has 0 aliphatic heterocycles. The molecule has 0 saturated heterocycles. The van der Waals surface area contributed by atoms with Gasteiger partial charge in [0, 0.05) is 0 Å². The smallest absolute Gasteiger partial charge is 0.371 e. The number of sulfonamides is 2. The Morgan fingerprint density at radius 2 is 1.00 bits per heavy atom. The maximum absolute atomic E-state index is 11.7. The molecule has 0 rings (SSSR count). The largest absolute Gasteiger partial charge is 0.411 e. The van der Waals surface area contributed by atoms with Crippen molar-refractivity contribution in [2.45, 2.75) is 12.4 Å². The summed E-state index contributed by atoms with van der Waals surface area (Å²) in [5, 5.41) is 0. The fourth-order valence-electron chi connectivity index (χ4n) is 0.990. The first-order valence-corrected chi connectivity index (χ1v) is 8.95. The van der Waals surface area contributed by atoms with Gasteiger partial charge in [0.1, 0.15) is 13.2 Å². The molecule has 0 aliphatic rings. The van der Waals surface area contributed by atoms with Crippen molar-refractivity contribution in [1.29, 1.82) is 0 Å². The lowest BCUT2D eigenvalue weighted by Crippen LogP contribution is -2.37. The van der Waals surface area contributed by atoms with E-state index < -0.39 is 70.3 Å². The van der Waals surface area contributed by atoms with Gasteiger partial charge in [0.25, 0.3) is 0 Å². The standard InChI is InChI=1S/C8H13F6NO6S2/c9-7(10,11)5-20-1-3-22(16,17)15-23(18,19)4-2-21-6-8(12,13)14/h15H,1-6H2. The van der Waals surface area contributed by atoms with Gasteiger partial charge in [-0.1, -0.05) is 0 Å². The topological polar surface area (TPSA) is 98.8 Å². The van der Waals surface area contributed by atoms with Crippen molar-refractivity contribution in [3.63, 3.8) is 0 Å². The van der Waals surface area contributed by atoms with Gasteiger partial charge in [0.2, 0.25) is 20.0 Å². The van der Waals surface area contributed by atoms with Crippen LogP contribution < -0.4 is 4.13 Å². The number of alkyl halides is 6. The van der Waals surface area contributed by atoms with E-state index in [1.807, 2.05) is 0 Å². The molecule has 1 N–H and O–H groups in total. The number of hydrogen-bond acceptors (Lipinski definition) is 6. The molecule has 0 aromatic heterocycles. The van der Waals surface area contributed by atoms with Crippen molar-refractivity contribution >= 4 is 20.0 Å². The summed E-state index contributed by atoms with van der Waals surface area (Å²) in [5.74, 6) is -2.16. The molecular weight excluding hydrogens is 384 g/mol. The summed E-state index contributed by atoms with van der Waals surface area (Å²) in [6.45, 7) is -5.26. The van der Waals surface area contributed by atoms with Crippen LogP contribution >= 0.6 is 0 Å². The van der Waals surface area contributed by atoms with Crippen molar-refractivity contribution in [2.24, 2.45) is 0 Å². The van der Waals surface area contributed by atoms with Crippen molar-refractivity contribution in [1.82, 2.24) is 4.13 Å². The summed E-state index contributed by atoms with van der Waals surface area (Å²) in [5.41, 5.74) is 0. The van der Waals surface area contributed by atoms with Crippen molar-refractivity contribution in [3.8, 4) is 0 Å². The average Bonchev–Trinajstić information content (AvgIpc) is 2.27. The maximum Gasteiger partial charge on any atom is 0.411 e. The molecule has 0 bridgehead atoms. The van der Waals surface area contributed by atoms with Crippen LogP contribution in [-0.2, 0) is 29.5 Å². The molecule has 0 aliphatic carbocycles. The minimum absolute atomic E-state index is 0.922. The van der Waals surface area contributed by atoms with Gasteiger partial charge in [-0.3, -0.25) is 0 Å². The number of halogens is 6. The molecule has 0 fully saturated rings. The van der Waals surface area contributed by atoms with Gasteiger partial charge >= 0.3 is 12.4 Å². The van der Waals surface area contributed by atoms with Gasteiger partial charge < -0.3 is 9.47 Å². The zero-order chi connectivity index (χ0) is 18.4. The second-order valence-electron chi connectivity index (χ2n) is 4.06. The lowest BCUT2D eigenvalue weighted by molar-refractivity contribution is -0.173. The highest BCUT2D eigenvalue weighted by Gasteiger charge is 2.29. The van der Waals surface area contributed by atoms with Gasteiger partial charge in [-0.2, -0.15) is 26.3 Å². The molecule has 0 unspecified atom stereocenters. The molecule has 0 saturated carbocycles. The van der Waals surface area contributed by atoms with Crippen LogP contribution in [0.2, 0.25) is 0 Å². The third kappa shape index (κ3) is 14.7. The molecule has 0 amide bonds. The van der Waals surface area contributed by atoms with Crippen LogP contribution in [0.3, 0.4) is 0 Å². The minimum Gasteiger partial charge on any atom is -0.371 e. The first-order valence-electron chi connectivity index (χ1n) is 5.65. The molecule has 0 atom stereocenters. The van der Waals surface area contributed by atoms with Crippen LogP contribution in [-0.4, -0.2) is 67.1 Å². The third-order valence-electron chi connectivity index (χ3n) is 1.78. The molecule has 7 nitrogen and oxygen atoms in total. The molecular formula is C8H13F6NO6S2. The SMILES string of the molecule is O=S(=O)(CCOCC(F)(F)F)NS(=O)(=O)CCOCC(F)(F)F. The van der Waals surface area contributed by atoms with E-state index in [1.165, 1.54) is 0 Å². The highest BCUT2D eigenvalue weighted by atomic mass is 32.3. The van der Waals surface area contributed by atoms with E-state index >= 15 is 0 Å². The van der Waals surface area contributed by atoms with Gasteiger partial charge in [0.05, 0.1) is 24.7 Å². The van der Waals surface area contributed by atoms with E-state index in [9.17, 15) is 43.2 Å². The second-order valence-corrected chi connectivity index (χ2v) is 8.00. The number of rotatable bonds is 10. The molecule has 0 aromatic carbocycles. The Labute approximate surface area is 128 Å². The zero-order valence-corrected chi connectivity index (χ0v) is 12.9. The Kier molecular flexibility index (Phi) is 8.22. The number of ether oxygens (including phenoxy) is 2. The maximum atomic E-state index is 11.7. The summed E-state index contributed by atoms with van der Waals surface area (Å²) < 4.78 is 125. The van der Waals surface area contributed by atoms with Crippen LogP contribution in [0.5, 0.6) is 0 Å². The molecule has 0 spiro atoms. The monoisotopic (exact) mass is 397 g/mol. The second kappa shape index (κ2) is 8.46. The van der Waals surface area contributed by atoms with E-state index in [0.29, 0.717) is 0 Å². The first-order chi connectivity index (χ1) is 10.1. The van der Waals surface area contributed by atoms with Crippen molar-refractivity contribution in [2.75, 3.05) is 37.9 Å². The first kappa shape index (κ1) is 22.4. The minimum atomic E-state index is -4.67. The molecule has 0 aromatic rings. The Balaban J connectivity index is 4.21. The molecule has 0 radical (unpaired) electrons. The van der Waals surface area contributed by atoms with E-state index in [1.54, 1.807) is 0 Å². The van der Waals surface area contributed by atoms with E-state index in [-0.39, 0.29) is 0 Å². The van der Waals surface area contributed by atoms with Gasteiger partial charge in [0.15, 0.2) is 0 Å². The van der Waals surface area contributed by atoms with Gasteiger partial charge in [-0.25, -0.2) is 16.8 Å². The van der Waals surface area contributed by atoms with Crippen molar-refractivity contribution in [3.05, 3.63) is 0 Å². The average molecular weight is 397 g/mol. The summed E-state index contributed by atoms with van der Waals surface area (Å²) in [6.07, 6.45) is -9.34. The quantitative estimate of drug-likeness (QED) is 0.423. The Bertz CT molecular complexity index is 505. The highest BCUT2D eigenvalue weighted by Crippen LogP contribution is 2.15. The number of nitrogens with one attached hydrogen (secondary N) is 1. The molecule has 23 heavy (non-hydrogen) atoms. The summed E-state index contributed by atoms with van der Waals surface area (Å²) in [7, 11) is -9.06. The summed E-state index contributed by atoms with van der Waals surface area (Å²) >= 11 is 0. The van der Waals surface area contributed by atoms with E-state index in [4.69, 9.17) is 0 Å². The Morgan fingerprint density at radius 1 is 0.696 bits per heavy atom. The highest BCUT2D eigenvalue weighted by molar-refractivity contribution is 8.04. The van der Waals surface area contributed by atoms with Crippen LogP contribution in [0, 0.1) is 0 Å². The lowest BCUT2D eigenvalue weighted by atomic mass is 10.7. The normalized spacial score (nSPS) is 14.2. The predicted molar refractivity (Wildman–Crippen MR) is 64.5 cm³/mol. The molecule has 0 heterocycles. The van der Waals surface area contributed by atoms with E-state index in [0.717, 1.165) is 4.13 Å². The summed E-state index contributed by atoms with van der Waals surface area (Å²) in [4.78, 5) is 0. The Hall–Kier alpha value is -0.640. The van der Waals surface area contributed by atoms with Crippen LogP contribution in [0.1, 0.15) is 0 Å². The lowest BCUT2D eigenvalue weighted by Gasteiger charge is -2.10. The van der Waals surface area contributed by atoms with Crippen LogP contribution in [0.4, 0.5) is 26.3 Å². The fraction of sp³-hybridized carbons (Fsp3) is 1.00. The van der Waals surface area contributed by atoms with Gasteiger partial charge in [-0.15, -0.1) is 4.13 Å². The van der Waals surface area contributed by atoms with Crippen molar-refractivity contribution < 1.29 is 52.7 Å². The fourth-order valence-corrected chi connectivity index (χ4v) is 3.88. The van der Waals surface area contributed by atoms with E-state index in [2.05, 4.69) is 9.47 Å². The zero-order valence-electron chi connectivity index (χ0n) is 11.3. The Morgan fingerprint density at radius 3 is 1.26 bits per heavy atom. The molecule has 140 valence electrons. The predicted octanol–water partition coefficient (Wildman–Crippen LogP) is 0.393. The number of hydrogen-bond donors (Lipinski definition) is 1. The summed E-state index contributed by atoms with van der Waals surface area (Å²) in [6, 6.07) is 0. The molecule has 15 heteroatoms. The third-order valence-corrected chi connectivity index (χ3v) is 5.22. The van der Waals surface area contributed by atoms with Crippen LogP contribution in [0.25, 0.3) is 0 Å². The van der Waals surface area contributed by atoms with Crippen LogP contribution in [0.15, 0.2) is 0 Å².